The van der Waals surface area contributed by atoms with Crippen molar-refractivity contribution in [2.75, 3.05) is 5.73 Å². The fourth-order valence-electron chi connectivity index (χ4n) is 3.18. The Morgan fingerprint density at radius 3 is 2.28 bits per heavy atom. The second-order valence-corrected chi connectivity index (χ2v) is 8.64. The van der Waals surface area contributed by atoms with E-state index in [2.05, 4.69) is 9.97 Å². The number of nitrogens with two attached hydrogens (primary N) is 1. The lowest BCUT2D eigenvalue weighted by atomic mass is 10.3. The molecule has 29 heavy (non-hydrogen) atoms. The van der Waals surface area contributed by atoms with E-state index in [4.69, 9.17) is 10.5 Å². The van der Waals surface area contributed by atoms with E-state index < -0.39 is 9.84 Å². The van der Waals surface area contributed by atoms with Gasteiger partial charge in [0, 0.05) is 18.1 Å². The van der Waals surface area contributed by atoms with Gasteiger partial charge in [0.25, 0.3) is 0 Å². The number of sulfone groups is 1. The number of benzene rings is 2. The van der Waals surface area contributed by atoms with Crippen molar-refractivity contribution in [2.45, 2.75) is 29.7 Å². The Hall–Kier alpha value is -3.39. The molecule has 2 aromatic heterocycles. The molecule has 0 aliphatic rings. The second-order valence-electron chi connectivity index (χ2n) is 6.76. The first kappa shape index (κ1) is 18.9. The molecule has 2 aromatic carbocycles. The van der Waals surface area contributed by atoms with E-state index >= 15 is 0 Å². The molecule has 0 radical (unpaired) electrons. The van der Waals surface area contributed by atoms with Crippen molar-refractivity contribution < 1.29 is 13.2 Å². The molecular formula is C21H20N4O3S. The number of rotatable bonds is 5. The third-order valence-corrected chi connectivity index (χ3v) is 6.20. The highest BCUT2D eigenvalue weighted by Crippen LogP contribution is 2.36. The van der Waals surface area contributed by atoms with Crippen LogP contribution in [0.4, 0.5) is 5.82 Å². The number of para-hydroxylation sites is 1. The smallest absolute Gasteiger partial charge is 0.212 e. The summed E-state index contributed by atoms with van der Waals surface area (Å²) >= 11 is 0. The van der Waals surface area contributed by atoms with Crippen molar-refractivity contribution in [3.05, 3.63) is 67.0 Å². The number of hydrogen-bond donors (Lipinski definition) is 1. The van der Waals surface area contributed by atoms with Crippen LogP contribution in [0.5, 0.6) is 5.75 Å². The summed E-state index contributed by atoms with van der Waals surface area (Å²) in [4.78, 5) is 8.65. The third-order valence-electron chi connectivity index (χ3n) is 4.37. The molecule has 148 valence electrons. The minimum absolute atomic E-state index is 0.00720. The van der Waals surface area contributed by atoms with Gasteiger partial charge < -0.3 is 10.5 Å². The van der Waals surface area contributed by atoms with Crippen LogP contribution in [0.25, 0.3) is 16.9 Å². The van der Waals surface area contributed by atoms with Crippen molar-refractivity contribution >= 4 is 26.8 Å². The van der Waals surface area contributed by atoms with Gasteiger partial charge in [-0.05, 0) is 50.2 Å². The van der Waals surface area contributed by atoms with Gasteiger partial charge in [0.2, 0.25) is 9.84 Å². The summed E-state index contributed by atoms with van der Waals surface area (Å²) < 4.78 is 34.1. The highest BCUT2D eigenvalue weighted by Gasteiger charge is 2.30. The van der Waals surface area contributed by atoms with Gasteiger partial charge in [-0.3, -0.25) is 4.57 Å². The maximum Gasteiger partial charge on any atom is 0.212 e. The molecule has 2 heterocycles. The highest BCUT2D eigenvalue weighted by molar-refractivity contribution is 7.92. The van der Waals surface area contributed by atoms with Gasteiger partial charge in [-0.15, -0.1) is 0 Å². The van der Waals surface area contributed by atoms with E-state index in [9.17, 15) is 8.42 Å². The highest BCUT2D eigenvalue weighted by atomic mass is 32.2. The fraction of sp³-hybridized carbons (Fsp3) is 0.143. The standard InChI is InChI=1S/C21H20N4O3S/c1-14(2)28-16-8-10-17(11-9-16)29(26,27)19-18-21(24-13-12-23-18)25(20(19)22)15-6-4-3-5-7-15/h3-14H,22H2,1-2H3. The van der Waals surface area contributed by atoms with Crippen LogP contribution in [0, 0.1) is 0 Å². The van der Waals surface area contributed by atoms with E-state index in [1.807, 2.05) is 44.2 Å². The monoisotopic (exact) mass is 408 g/mol. The summed E-state index contributed by atoms with van der Waals surface area (Å²) in [7, 11) is -3.93. The molecule has 0 atom stereocenters. The van der Waals surface area contributed by atoms with Crippen molar-refractivity contribution in [1.82, 2.24) is 14.5 Å². The second kappa shape index (κ2) is 7.21. The minimum Gasteiger partial charge on any atom is -0.491 e. The summed E-state index contributed by atoms with van der Waals surface area (Å²) in [6, 6.07) is 15.5. The molecule has 0 bridgehead atoms. The molecule has 2 N–H and O–H groups in total. The van der Waals surface area contributed by atoms with Crippen LogP contribution in [-0.2, 0) is 9.84 Å². The summed E-state index contributed by atoms with van der Waals surface area (Å²) in [5, 5.41) is 0. The number of hydrogen-bond acceptors (Lipinski definition) is 6. The number of anilines is 1. The predicted octanol–water partition coefficient (Wildman–Crippen LogP) is 3.62. The Labute approximate surface area is 168 Å². The lowest BCUT2D eigenvalue weighted by molar-refractivity contribution is 0.242. The predicted molar refractivity (Wildman–Crippen MR) is 111 cm³/mol. The van der Waals surface area contributed by atoms with Crippen LogP contribution >= 0.6 is 0 Å². The number of nitrogens with zero attached hydrogens (tertiary/aromatic N) is 3. The Morgan fingerprint density at radius 1 is 0.966 bits per heavy atom. The SMILES string of the molecule is CC(C)Oc1ccc(S(=O)(=O)c2c(N)n(-c3ccccc3)c3nccnc23)cc1. The zero-order valence-corrected chi connectivity index (χ0v) is 16.8. The quantitative estimate of drug-likeness (QED) is 0.541. The molecule has 8 heteroatoms. The first-order valence-electron chi connectivity index (χ1n) is 9.07. The number of nitrogen functional groups attached to an aromatic ring is 1. The topological polar surface area (TPSA) is 100 Å². The lowest BCUT2D eigenvalue weighted by Crippen LogP contribution is -2.08. The molecule has 0 aliphatic heterocycles. The van der Waals surface area contributed by atoms with Crippen molar-refractivity contribution in [3.8, 4) is 11.4 Å². The Bertz CT molecular complexity index is 1260. The normalized spacial score (nSPS) is 11.8. The summed E-state index contributed by atoms with van der Waals surface area (Å²) in [6.45, 7) is 3.81. The minimum atomic E-state index is -3.93. The maximum absolute atomic E-state index is 13.4. The molecular weight excluding hydrogens is 388 g/mol. The van der Waals surface area contributed by atoms with Crippen LogP contribution in [0.1, 0.15) is 13.8 Å². The molecule has 0 saturated carbocycles. The van der Waals surface area contributed by atoms with Crippen molar-refractivity contribution in [2.24, 2.45) is 0 Å². The molecule has 4 rings (SSSR count). The Balaban J connectivity index is 1.91. The van der Waals surface area contributed by atoms with Crippen LogP contribution < -0.4 is 10.5 Å². The third kappa shape index (κ3) is 3.31. The van der Waals surface area contributed by atoms with Crippen LogP contribution in [0.2, 0.25) is 0 Å². The molecule has 4 aromatic rings. The first-order chi connectivity index (χ1) is 13.9. The maximum atomic E-state index is 13.4. The fourth-order valence-corrected chi connectivity index (χ4v) is 4.68. The van der Waals surface area contributed by atoms with Crippen LogP contribution in [-0.4, -0.2) is 29.1 Å². The molecule has 0 amide bonds. The number of ether oxygens (including phenoxy) is 1. The van der Waals surface area contributed by atoms with E-state index in [0.29, 0.717) is 17.1 Å². The van der Waals surface area contributed by atoms with Gasteiger partial charge in [0.1, 0.15) is 22.0 Å². The van der Waals surface area contributed by atoms with Crippen LogP contribution in [0.3, 0.4) is 0 Å². The average Bonchev–Trinajstić information content (AvgIpc) is 3.01. The number of fused-ring (bicyclic) bond motifs is 1. The summed E-state index contributed by atoms with van der Waals surface area (Å²) in [6.07, 6.45) is 2.96. The van der Waals surface area contributed by atoms with Gasteiger partial charge >= 0.3 is 0 Å². The van der Waals surface area contributed by atoms with Gasteiger partial charge in [-0.2, -0.15) is 0 Å². The van der Waals surface area contributed by atoms with Crippen molar-refractivity contribution in [3.63, 3.8) is 0 Å². The first-order valence-corrected chi connectivity index (χ1v) is 10.6. The summed E-state index contributed by atoms with van der Waals surface area (Å²) in [5.41, 5.74) is 7.67. The van der Waals surface area contributed by atoms with E-state index in [0.717, 1.165) is 0 Å². The van der Waals surface area contributed by atoms with Gasteiger partial charge in [-0.1, -0.05) is 18.2 Å². The molecule has 0 unspecified atom stereocenters. The van der Waals surface area contributed by atoms with Crippen LogP contribution in [0.15, 0.2) is 76.8 Å². The molecule has 0 aliphatic carbocycles. The van der Waals surface area contributed by atoms with Crippen molar-refractivity contribution in [1.29, 1.82) is 0 Å². The van der Waals surface area contributed by atoms with Gasteiger partial charge in [-0.25, -0.2) is 18.4 Å². The van der Waals surface area contributed by atoms with E-state index in [-0.39, 0.29) is 27.2 Å². The molecule has 0 spiro atoms. The molecule has 0 saturated heterocycles. The van der Waals surface area contributed by atoms with E-state index in [1.165, 1.54) is 24.5 Å². The largest absolute Gasteiger partial charge is 0.491 e. The van der Waals surface area contributed by atoms with Gasteiger partial charge in [0.15, 0.2) is 5.65 Å². The Morgan fingerprint density at radius 2 is 1.62 bits per heavy atom. The van der Waals surface area contributed by atoms with E-state index in [1.54, 1.807) is 16.7 Å². The lowest BCUT2D eigenvalue weighted by Gasteiger charge is -2.11. The zero-order valence-electron chi connectivity index (χ0n) is 16.0. The Kier molecular flexibility index (Phi) is 4.71. The zero-order chi connectivity index (χ0) is 20.6. The summed E-state index contributed by atoms with van der Waals surface area (Å²) in [5.74, 6) is 0.665. The molecule has 7 nitrogen and oxygen atoms in total. The van der Waals surface area contributed by atoms with Gasteiger partial charge in [0.05, 0.1) is 11.0 Å². The average molecular weight is 408 g/mol. The molecule has 0 fully saturated rings. The number of aromatic nitrogens is 3.